The van der Waals surface area contributed by atoms with Crippen LogP contribution in [0.15, 0.2) is 21.8 Å². The average molecular weight is 241 g/mol. The fraction of sp³-hybridized carbons (Fsp3) is 0.200. The number of hydrogen-bond acceptors (Lipinski definition) is 5. The monoisotopic (exact) mass is 240 g/mol. The summed E-state index contributed by atoms with van der Waals surface area (Å²) in [5.74, 6) is 0. The van der Waals surface area contributed by atoms with E-state index in [4.69, 9.17) is 16.2 Å². The van der Waals surface area contributed by atoms with E-state index < -0.39 is 10.1 Å². The predicted molar refractivity (Wildman–Crippen MR) is 49.9 cm³/mol. The summed E-state index contributed by atoms with van der Waals surface area (Å²) in [6.07, 6.45) is 1.54. The predicted octanol–water partition coefficient (Wildman–Crippen LogP) is 0.646. The molecule has 2 aliphatic heterocycles. The molecule has 0 fully saturated rings. The van der Waals surface area contributed by atoms with Crippen molar-refractivity contribution in [3.63, 3.8) is 0 Å². The fourth-order valence-electron chi connectivity index (χ4n) is 1.13. The molecule has 2 N–H and O–H groups in total. The highest BCUT2D eigenvalue weighted by Crippen LogP contribution is 2.36. The highest BCUT2D eigenvalue weighted by Gasteiger charge is 2.38. The first-order valence-corrected chi connectivity index (χ1v) is 6.00. The Morgan fingerprint density at radius 3 is 3.00 bits per heavy atom. The summed E-state index contributed by atoms with van der Waals surface area (Å²) in [4.78, 5) is 1.36. The van der Waals surface area contributed by atoms with E-state index in [9.17, 15) is 8.42 Å². The van der Waals surface area contributed by atoms with Crippen molar-refractivity contribution in [1.82, 2.24) is 10.2 Å². The number of nitrogens with zero attached hydrogens (tertiary/aromatic N) is 1. The van der Waals surface area contributed by atoms with E-state index in [2.05, 4.69) is 5.32 Å². The van der Waals surface area contributed by atoms with Crippen molar-refractivity contribution in [3.8, 4) is 0 Å². The van der Waals surface area contributed by atoms with Crippen molar-refractivity contribution < 1.29 is 13.0 Å². The molecule has 0 aromatic carbocycles. The molecule has 13 heavy (non-hydrogen) atoms. The van der Waals surface area contributed by atoms with Gasteiger partial charge in [0.15, 0.2) is 10.5 Å². The van der Waals surface area contributed by atoms with Crippen LogP contribution in [-0.4, -0.2) is 23.4 Å². The largest absolute Gasteiger partial charge is 0.344 e. The van der Waals surface area contributed by atoms with Crippen LogP contribution in [0.25, 0.3) is 0 Å². The zero-order chi connectivity index (χ0) is 9.64. The van der Waals surface area contributed by atoms with Gasteiger partial charge in [-0.2, -0.15) is 8.42 Å². The molecule has 1 unspecified atom stereocenters. The van der Waals surface area contributed by atoms with Crippen molar-refractivity contribution in [3.05, 3.63) is 21.8 Å². The Kier molecular flexibility index (Phi) is 1.99. The molecule has 0 saturated heterocycles. The van der Waals surface area contributed by atoms with Crippen molar-refractivity contribution in [2.24, 2.45) is 0 Å². The van der Waals surface area contributed by atoms with Gasteiger partial charge in [-0.15, -0.1) is 0 Å². The lowest BCUT2D eigenvalue weighted by Gasteiger charge is -2.15. The number of fused-ring (bicyclic) bond motifs is 1. The standard InChI is InChI=1S/C5H5ClN2O3S2/c6-3-4(13(9,10)11)8-1-2-12-5(8)7-3/h1-2,5,7H,(H,9,10,11). The quantitative estimate of drug-likeness (QED) is 0.518. The number of rotatable bonds is 1. The van der Waals surface area contributed by atoms with E-state index in [1.165, 1.54) is 16.7 Å². The topological polar surface area (TPSA) is 69.6 Å². The molecule has 0 bridgehead atoms. The molecular weight excluding hydrogens is 236 g/mol. The van der Waals surface area contributed by atoms with Crippen LogP contribution in [0.1, 0.15) is 0 Å². The minimum atomic E-state index is -4.26. The summed E-state index contributed by atoms with van der Waals surface area (Å²) >= 11 is 6.97. The zero-order valence-corrected chi connectivity index (χ0v) is 8.53. The second-order valence-electron chi connectivity index (χ2n) is 2.42. The molecule has 5 nitrogen and oxygen atoms in total. The third kappa shape index (κ3) is 1.41. The highest BCUT2D eigenvalue weighted by atomic mass is 35.5. The fourth-order valence-corrected chi connectivity index (χ4v) is 3.31. The van der Waals surface area contributed by atoms with Crippen molar-refractivity contribution >= 4 is 33.5 Å². The van der Waals surface area contributed by atoms with Gasteiger partial charge in [0.1, 0.15) is 5.16 Å². The van der Waals surface area contributed by atoms with Crippen LogP contribution in [0.3, 0.4) is 0 Å². The molecule has 0 radical (unpaired) electrons. The lowest BCUT2D eigenvalue weighted by atomic mass is 10.8. The smallest absolute Gasteiger partial charge is 0.313 e. The second kappa shape index (κ2) is 2.81. The average Bonchev–Trinajstić information content (AvgIpc) is 2.41. The van der Waals surface area contributed by atoms with E-state index in [-0.39, 0.29) is 15.7 Å². The first kappa shape index (κ1) is 9.20. The molecule has 2 rings (SSSR count). The summed E-state index contributed by atoms with van der Waals surface area (Å²) in [6, 6.07) is 0. The van der Waals surface area contributed by atoms with Crippen LogP contribution in [0.4, 0.5) is 0 Å². The first-order valence-electron chi connectivity index (χ1n) is 3.24. The molecular formula is C5H5ClN2O3S2. The lowest BCUT2D eigenvalue weighted by molar-refractivity contribution is 0.442. The second-order valence-corrected chi connectivity index (χ2v) is 5.13. The molecule has 0 amide bonds. The molecule has 1 atom stereocenters. The van der Waals surface area contributed by atoms with Gasteiger partial charge in [-0.25, -0.2) is 0 Å². The number of nitrogens with one attached hydrogen (secondary N) is 1. The Morgan fingerprint density at radius 1 is 1.69 bits per heavy atom. The Balaban J connectivity index is 2.46. The molecule has 0 aromatic rings. The van der Waals surface area contributed by atoms with Crippen LogP contribution in [0.5, 0.6) is 0 Å². The summed E-state index contributed by atoms with van der Waals surface area (Å²) in [7, 11) is -4.26. The van der Waals surface area contributed by atoms with Crippen molar-refractivity contribution in [2.45, 2.75) is 5.50 Å². The summed E-state index contributed by atoms with van der Waals surface area (Å²) in [5, 5.41) is 4.08. The Hall–Kier alpha value is -0.370. The van der Waals surface area contributed by atoms with Gasteiger partial charge in [-0.3, -0.25) is 4.55 Å². The Bertz CT molecular complexity index is 402. The van der Waals surface area contributed by atoms with E-state index in [1.807, 2.05) is 0 Å². The maximum absolute atomic E-state index is 10.9. The Labute approximate surface area is 84.2 Å². The van der Waals surface area contributed by atoms with Crippen LogP contribution in [0.2, 0.25) is 0 Å². The van der Waals surface area contributed by atoms with Gasteiger partial charge < -0.3 is 10.2 Å². The van der Waals surface area contributed by atoms with E-state index in [0.717, 1.165) is 0 Å². The normalized spacial score (nSPS) is 26.6. The first-order chi connectivity index (χ1) is 6.00. The van der Waals surface area contributed by atoms with Crippen LogP contribution in [0, 0.1) is 0 Å². The highest BCUT2D eigenvalue weighted by molar-refractivity contribution is 8.03. The minimum absolute atomic E-state index is 0.0515. The van der Waals surface area contributed by atoms with E-state index in [1.54, 1.807) is 11.6 Å². The molecule has 0 aliphatic carbocycles. The number of halogens is 1. The van der Waals surface area contributed by atoms with Gasteiger partial charge in [-0.05, 0) is 5.41 Å². The third-order valence-electron chi connectivity index (χ3n) is 1.60. The molecule has 72 valence electrons. The molecule has 2 aliphatic rings. The van der Waals surface area contributed by atoms with Gasteiger partial charge >= 0.3 is 10.1 Å². The number of hydrogen-bond donors (Lipinski definition) is 2. The molecule has 0 saturated carbocycles. The lowest BCUT2D eigenvalue weighted by Crippen LogP contribution is -2.28. The van der Waals surface area contributed by atoms with Gasteiger partial charge in [0.2, 0.25) is 0 Å². The maximum Gasteiger partial charge on any atom is 0.313 e. The molecule has 0 spiro atoms. The summed E-state index contributed by atoms with van der Waals surface area (Å²) in [6.45, 7) is 0. The third-order valence-corrected chi connectivity index (χ3v) is 3.78. The van der Waals surface area contributed by atoms with Gasteiger partial charge in [0, 0.05) is 6.20 Å². The Morgan fingerprint density at radius 2 is 2.38 bits per heavy atom. The van der Waals surface area contributed by atoms with E-state index in [0.29, 0.717) is 0 Å². The number of thioether (sulfide) groups is 1. The minimum Gasteiger partial charge on any atom is -0.344 e. The summed E-state index contributed by atoms with van der Waals surface area (Å²) in [5.41, 5.74) is -0.260. The van der Waals surface area contributed by atoms with Crippen LogP contribution in [-0.2, 0) is 10.1 Å². The van der Waals surface area contributed by atoms with Crippen LogP contribution >= 0.6 is 23.4 Å². The SMILES string of the molecule is O=S(=O)(O)C1=C(Cl)NC2SC=CN12. The van der Waals surface area contributed by atoms with Crippen molar-refractivity contribution in [1.29, 1.82) is 0 Å². The molecule has 0 aromatic heterocycles. The van der Waals surface area contributed by atoms with Gasteiger partial charge in [-0.1, -0.05) is 23.4 Å². The van der Waals surface area contributed by atoms with Gasteiger partial charge in [0.05, 0.1) is 0 Å². The van der Waals surface area contributed by atoms with Gasteiger partial charge in [0.25, 0.3) is 0 Å². The maximum atomic E-state index is 10.9. The zero-order valence-electron chi connectivity index (χ0n) is 6.14. The summed E-state index contributed by atoms with van der Waals surface area (Å²) < 4.78 is 30.6. The van der Waals surface area contributed by atoms with Crippen LogP contribution < -0.4 is 5.32 Å². The van der Waals surface area contributed by atoms with E-state index >= 15 is 0 Å². The van der Waals surface area contributed by atoms with Crippen molar-refractivity contribution in [2.75, 3.05) is 0 Å². The molecule has 8 heteroatoms. The molecule has 2 heterocycles.